The predicted molar refractivity (Wildman–Crippen MR) is 79.4 cm³/mol. The van der Waals surface area contributed by atoms with E-state index < -0.39 is 0 Å². The van der Waals surface area contributed by atoms with E-state index in [-0.39, 0.29) is 6.29 Å². The predicted octanol–water partition coefficient (Wildman–Crippen LogP) is 3.51. The summed E-state index contributed by atoms with van der Waals surface area (Å²) in [5, 5.41) is 0.724. The van der Waals surface area contributed by atoms with Crippen molar-refractivity contribution in [3.05, 3.63) is 58.6 Å². The highest BCUT2D eigenvalue weighted by atomic mass is 35.5. The van der Waals surface area contributed by atoms with Crippen LogP contribution in [-0.2, 0) is 16.0 Å². The van der Waals surface area contributed by atoms with E-state index in [4.69, 9.17) is 26.8 Å². The van der Waals surface area contributed by atoms with E-state index in [1.54, 1.807) is 0 Å². The van der Waals surface area contributed by atoms with Gasteiger partial charge in [-0.3, -0.25) is 0 Å². The van der Waals surface area contributed by atoms with Gasteiger partial charge in [0.1, 0.15) is 0 Å². The average Bonchev–Trinajstić information content (AvgIpc) is 3.02. The molecule has 0 amide bonds. The van der Waals surface area contributed by atoms with E-state index in [1.807, 2.05) is 36.4 Å². The second-order valence-corrected chi connectivity index (χ2v) is 5.14. The van der Waals surface area contributed by atoms with Crippen molar-refractivity contribution in [2.45, 2.75) is 12.8 Å². The number of ether oxygens (including phenoxy) is 2. The molecule has 4 heteroatoms. The van der Waals surface area contributed by atoms with E-state index >= 15 is 0 Å². The van der Waals surface area contributed by atoms with Crippen molar-refractivity contribution >= 4 is 11.6 Å². The Kier molecular flexibility index (Phi) is 4.03. The Morgan fingerprint density at radius 1 is 1.05 bits per heavy atom. The Balaban J connectivity index is 2.02. The van der Waals surface area contributed by atoms with Crippen LogP contribution in [0.4, 0.5) is 0 Å². The Hall–Kier alpha value is -1.39. The maximum Gasteiger partial charge on any atom is 0.184 e. The van der Waals surface area contributed by atoms with Gasteiger partial charge in [0.05, 0.1) is 13.2 Å². The molecule has 0 saturated carbocycles. The van der Waals surface area contributed by atoms with Crippen molar-refractivity contribution in [2.24, 2.45) is 5.73 Å². The highest BCUT2D eigenvalue weighted by molar-refractivity contribution is 6.30. The van der Waals surface area contributed by atoms with Crippen LogP contribution in [0.25, 0.3) is 11.1 Å². The summed E-state index contributed by atoms with van der Waals surface area (Å²) in [5.41, 5.74) is 10.1. The van der Waals surface area contributed by atoms with Crippen molar-refractivity contribution < 1.29 is 9.47 Å². The Morgan fingerprint density at radius 2 is 1.75 bits per heavy atom. The van der Waals surface area contributed by atoms with E-state index in [0.717, 1.165) is 27.3 Å². The van der Waals surface area contributed by atoms with Crippen molar-refractivity contribution in [3.63, 3.8) is 0 Å². The first-order chi connectivity index (χ1) is 9.78. The summed E-state index contributed by atoms with van der Waals surface area (Å²) in [6.45, 7) is 1.77. The molecular weight excluding hydrogens is 274 g/mol. The minimum Gasteiger partial charge on any atom is -0.346 e. The van der Waals surface area contributed by atoms with Crippen LogP contribution in [0.1, 0.15) is 17.4 Å². The van der Waals surface area contributed by atoms with Gasteiger partial charge in [-0.25, -0.2) is 0 Å². The lowest BCUT2D eigenvalue weighted by molar-refractivity contribution is -0.0440. The molecule has 0 radical (unpaired) electrons. The number of halogens is 1. The van der Waals surface area contributed by atoms with Crippen LogP contribution in [0, 0.1) is 0 Å². The van der Waals surface area contributed by atoms with Crippen LogP contribution in [0.5, 0.6) is 0 Å². The summed E-state index contributed by atoms with van der Waals surface area (Å²) in [6.07, 6.45) is -0.270. The van der Waals surface area contributed by atoms with Crippen molar-refractivity contribution in [2.75, 3.05) is 13.2 Å². The SMILES string of the molecule is NCc1ccc(C2OCCO2)cc1-c1ccc(Cl)cc1. The molecule has 20 heavy (non-hydrogen) atoms. The van der Waals surface area contributed by atoms with Crippen LogP contribution in [0.3, 0.4) is 0 Å². The standard InChI is InChI=1S/C16H16ClNO2/c17-14-5-3-11(4-6-14)15-9-12(1-2-13(15)10-18)16-19-7-8-20-16/h1-6,9,16H,7-8,10,18H2. The van der Waals surface area contributed by atoms with Gasteiger partial charge >= 0.3 is 0 Å². The monoisotopic (exact) mass is 289 g/mol. The minimum atomic E-state index is -0.270. The van der Waals surface area contributed by atoms with E-state index in [1.165, 1.54) is 0 Å². The molecule has 1 aliphatic heterocycles. The minimum absolute atomic E-state index is 0.270. The number of benzene rings is 2. The molecule has 0 spiro atoms. The molecule has 1 fully saturated rings. The third-order valence-corrected chi connectivity index (χ3v) is 3.65. The van der Waals surface area contributed by atoms with Gasteiger partial charge < -0.3 is 15.2 Å². The van der Waals surface area contributed by atoms with Crippen LogP contribution >= 0.6 is 11.6 Å². The molecule has 104 valence electrons. The van der Waals surface area contributed by atoms with E-state index in [2.05, 4.69) is 6.07 Å². The topological polar surface area (TPSA) is 44.5 Å². The van der Waals surface area contributed by atoms with Crippen molar-refractivity contribution in [3.8, 4) is 11.1 Å². The molecule has 1 saturated heterocycles. The first kappa shape index (κ1) is 13.6. The zero-order chi connectivity index (χ0) is 13.9. The normalized spacial score (nSPS) is 15.7. The zero-order valence-electron chi connectivity index (χ0n) is 11.0. The van der Waals surface area contributed by atoms with Crippen LogP contribution in [-0.4, -0.2) is 13.2 Å². The third-order valence-electron chi connectivity index (χ3n) is 3.40. The molecule has 3 rings (SSSR count). The van der Waals surface area contributed by atoms with Crippen LogP contribution in [0.15, 0.2) is 42.5 Å². The summed E-state index contributed by atoms with van der Waals surface area (Å²) in [7, 11) is 0. The van der Waals surface area contributed by atoms with Gasteiger partial charge in [-0.15, -0.1) is 0 Å². The highest BCUT2D eigenvalue weighted by Crippen LogP contribution is 2.31. The van der Waals surface area contributed by atoms with E-state index in [0.29, 0.717) is 19.8 Å². The van der Waals surface area contributed by atoms with Gasteiger partial charge in [0.15, 0.2) is 6.29 Å². The largest absolute Gasteiger partial charge is 0.346 e. The molecule has 2 aromatic rings. The first-order valence-corrected chi connectivity index (χ1v) is 6.98. The lowest BCUT2D eigenvalue weighted by Gasteiger charge is -2.14. The fraction of sp³-hybridized carbons (Fsp3) is 0.250. The Morgan fingerprint density at radius 3 is 2.40 bits per heavy atom. The molecule has 2 aromatic carbocycles. The second kappa shape index (κ2) is 5.94. The van der Waals surface area contributed by atoms with Crippen molar-refractivity contribution in [1.82, 2.24) is 0 Å². The quantitative estimate of drug-likeness (QED) is 0.940. The van der Waals surface area contributed by atoms with Gasteiger partial charge in [0, 0.05) is 17.1 Å². The molecule has 2 N–H and O–H groups in total. The van der Waals surface area contributed by atoms with Gasteiger partial charge in [0.2, 0.25) is 0 Å². The molecular formula is C16H16ClNO2. The molecule has 3 nitrogen and oxygen atoms in total. The molecule has 0 atom stereocenters. The maximum absolute atomic E-state index is 5.94. The zero-order valence-corrected chi connectivity index (χ0v) is 11.8. The van der Waals surface area contributed by atoms with E-state index in [9.17, 15) is 0 Å². The summed E-state index contributed by atoms with van der Waals surface area (Å²) < 4.78 is 11.1. The van der Waals surface area contributed by atoms with Gasteiger partial charge in [0.25, 0.3) is 0 Å². The summed E-state index contributed by atoms with van der Waals surface area (Å²) in [6, 6.07) is 13.9. The second-order valence-electron chi connectivity index (χ2n) is 4.70. The fourth-order valence-electron chi connectivity index (χ4n) is 2.37. The molecule has 0 aromatic heterocycles. The average molecular weight is 290 g/mol. The molecule has 0 unspecified atom stereocenters. The lowest BCUT2D eigenvalue weighted by atomic mass is 9.97. The number of rotatable bonds is 3. The van der Waals surface area contributed by atoms with Crippen LogP contribution in [0.2, 0.25) is 5.02 Å². The molecule has 0 aliphatic carbocycles. The lowest BCUT2D eigenvalue weighted by Crippen LogP contribution is -2.03. The van der Waals surface area contributed by atoms with Crippen LogP contribution < -0.4 is 5.73 Å². The molecule has 1 heterocycles. The van der Waals surface area contributed by atoms with Gasteiger partial charge in [-0.05, 0) is 34.9 Å². The number of hydrogen-bond acceptors (Lipinski definition) is 3. The summed E-state index contributed by atoms with van der Waals surface area (Å²) >= 11 is 5.94. The van der Waals surface area contributed by atoms with Crippen molar-refractivity contribution in [1.29, 1.82) is 0 Å². The maximum atomic E-state index is 5.94. The van der Waals surface area contributed by atoms with Gasteiger partial charge in [-0.2, -0.15) is 0 Å². The van der Waals surface area contributed by atoms with Gasteiger partial charge in [-0.1, -0.05) is 35.9 Å². The number of hydrogen-bond donors (Lipinski definition) is 1. The number of nitrogens with two attached hydrogens (primary N) is 1. The first-order valence-electron chi connectivity index (χ1n) is 6.60. The summed E-state index contributed by atoms with van der Waals surface area (Å²) in [5.74, 6) is 0. The summed E-state index contributed by atoms with van der Waals surface area (Å²) in [4.78, 5) is 0. The fourth-order valence-corrected chi connectivity index (χ4v) is 2.49. The Labute approximate surface area is 123 Å². The smallest absolute Gasteiger partial charge is 0.184 e. The third kappa shape index (κ3) is 2.72. The molecule has 1 aliphatic rings. The Bertz CT molecular complexity index is 592. The highest BCUT2D eigenvalue weighted by Gasteiger charge is 2.19. The molecule has 0 bridgehead atoms.